The molecule has 3 unspecified atom stereocenters. The molecule has 2 aromatic carbocycles. The summed E-state index contributed by atoms with van der Waals surface area (Å²) in [5, 5.41) is 0. The molecule has 9 heteroatoms. The van der Waals surface area contributed by atoms with Crippen molar-refractivity contribution in [2.75, 3.05) is 31.5 Å². The molecule has 0 aromatic heterocycles. The molecule has 35 heavy (non-hydrogen) atoms. The third-order valence-electron chi connectivity index (χ3n) is 8.00. The van der Waals surface area contributed by atoms with Gasteiger partial charge in [0.15, 0.2) is 0 Å². The first kappa shape index (κ1) is 22.8. The van der Waals surface area contributed by atoms with Crippen molar-refractivity contribution in [3.63, 3.8) is 0 Å². The number of halogens is 1. The fraction of sp³-hybridized carbons (Fsp3) is 0.500. The third kappa shape index (κ3) is 4.08. The van der Waals surface area contributed by atoms with E-state index in [9.17, 15) is 17.6 Å². The van der Waals surface area contributed by atoms with E-state index in [0.29, 0.717) is 42.2 Å². The highest BCUT2D eigenvalue weighted by Crippen LogP contribution is 2.55. The van der Waals surface area contributed by atoms with Gasteiger partial charge >= 0.3 is 5.97 Å². The summed E-state index contributed by atoms with van der Waals surface area (Å²) in [6.07, 6.45) is 4.86. The van der Waals surface area contributed by atoms with E-state index in [1.807, 2.05) is 6.07 Å². The molecule has 7 nitrogen and oxygen atoms in total. The van der Waals surface area contributed by atoms with Gasteiger partial charge in [-0.1, -0.05) is 6.07 Å². The molecule has 4 atom stereocenters. The topological polar surface area (TPSA) is 84.9 Å². The van der Waals surface area contributed by atoms with E-state index in [0.717, 1.165) is 37.6 Å². The number of fused-ring (bicyclic) bond motifs is 4. The van der Waals surface area contributed by atoms with Crippen molar-refractivity contribution in [1.82, 2.24) is 4.90 Å². The Morgan fingerprint density at radius 3 is 2.91 bits per heavy atom. The molecule has 3 fully saturated rings. The van der Waals surface area contributed by atoms with E-state index < -0.39 is 21.8 Å². The van der Waals surface area contributed by atoms with Crippen molar-refractivity contribution in [3.05, 3.63) is 52.8 Å². The van der Waals surface area contributed by atoms with Gasteiger partial charge in [0, 0.05) is 18.5 Å². The quantitative estimate of drug-likeness (QED) is 0.605. The second-order valence-corrected chi connectivity index (χ2v) is 11.9. The van der Waals surface area contributed by atoms with Gasteiger partial charge in [0.25, 0.3) is 10.0 Å². The van der Waals surface area contributed by atoms with Crippen LogP contribution < -0.4 is 9.46 Å². The van der Waals surface area contributed by atoms with Crippen LogP contribution in [0.2, 0.25) is 0 Å². The lowest BCUT2D eigenvalue weighted by molar-refractivity contribution is 0.0596. The molecule has 186 valence electrons. The molecule has 3 heterocycles. The molecule has 6 rings (SSSR count). The second kappa shape index (κ2) is 8.48. The van der Waals surface area contributed by atoms with Crippen LogP contribution in [-0.4, -0.2) is 52.1 Å². The number of methoxy groups -OCH3 is 1. The minimum absolute atomic E-state index is 0.0303. The van der Waals surface area contributed by atoms with E-state index in [1.165, 1.54) is 32.1 Å². The molecule has 4 aliphatic rings. The summed E-state index contributed by atoms with van der Waals surface area (Å²) in [6.45, 7) is 2.49. The number of rotatable bonds is 6. The Morgan fingerprint density at radius 2 is 2.11 bits per heavy atom. The number of nitrogens with one attached hydrogen (secondary N) is 1. The lowest BCUT2D eigenvalue weighted by Crippen LogP contribution is -2.23. The summed E-state index contributed by atoms with van der Waals surface area (Å²) >= 11 is 0. The fourth-order valence-electron chi connectivity index (χ4n) is 6.26. The number of anilines is 1. The number of carbonyl (C=O) groups excluding carboxylic acids is 1. The molecule has 0 spiro atoms. The van der Waals surface area contributed by atoms with Crippen LogP contribution in [0.25, 0.3) is 0 Å². The standard InChI is InChI=1S/C26H29FN2O5S/c1-33-26(30)24-22(6-5-20-21-12-17(21)14-34-25(20)24)28-35(31,32)23-7-4-18(27)11-16(23)9-15-10-19-3-2-8-29(19)13-15/h4-7,11,15,17,19,21,28H,2-3,8-10,12-14H2,1H3/t15?,17?,19?,21-/m0/s1. The van der Waals surface area contributed by atoms with Gasteiger partial charge in [-0.25, -0.2) is 17.6 Å². The maximum Gasteiger partial charge on any atom is 0.343 e. The van der Waals surface area contributed by atoms with E-state index in [-0.39, 0.29) is 22.1 Å². The molecule has 0 radical (unpaired) electrons. The number of ether oxygens (including phenoxy) is 2. The first-order chi connectivity index (χ1) is 16.8. The molecule has 2 aromatic rings. The number of carbonyl (C=O) groups is 1. The van der Waals surface area contributed by atoms with E-state index in [2.05, 4.69) is 9.62 Å². The Bertz CT molecular complexity index is 1280. The monoisotopic (exact) mass is 500 g/mol. The van der Waals surface area contributed by atoms with Crippen LogP contribution in [-0.2, 0) is 21.2 Å². The predicted octanol–water partition coefficient (Wildman–Crippen LogP) is 3.94. The summed E-state index contributed by atoms with van der Waals surface area (Å²) < 4.78 is 54.8. The van der Waals surface area contributed by atoms with E-state index in [4.69, 9.17) is 9.47 Å². The second-order valence-electron chi connectivity index (χ2n) is 10.3. The van der Waals surface area contributed by atoms with Crippen LogP contribution in [0.5, 0.6) is 5.75 Å². The molecular formula is C26H29FN2O5S. The Balaban J connectivity index is 1.32. The Kier molecular flexibility index (Phi) is 5.52. The van der Waals surface area contributed by atoms with Crippen molar-refractivity contribution < 1.29 is 27.1 Å². The zero-order valence-electron chi connectivity index (χ0n) is 19.6. The smallest absolute Gasteiger partial charge is 0.343 e. The number of hydrogen-bond donors (Lipinski definition) is 1. The Labute approximate surface area is 204 Å². The van der Waals surface area contributed by atoms with Crippen molar-refractivity contribution >= 4 is 21.7 Å². The predicted molar refractivity (Wildman–Crippen MR) is 128 cm³/mol. The van der Waals surface area contributed by atoms with E-state index >= 15 is 0 Å². The van der Waals surface area contributed by atoms with Crippen molar-refractivity contribution in [1.29, 1.82) is 0 Å². The summed E-state index contributed by atoms with van der Waals surface area (Å²) in [5.41, 5.74) is 1.55. The molecule has 1 aliphatic carbocycles. The lowest BCUT2D eigenvalue weighted by atomic mass is 9.95. The number of nitrogens with zero attached hydrogens (tertiary/aromatic N) is 1. The van der Waals surface area contributed by atoms with Gasteiger partial charge in [-0.05, 0) is 85.9 Å². The van der Waals surface area contributed by atoms with Crippen LogP contribution in [0.1, 0.15) is 53.1 Å². The summed E-state index contributed by atoms with van der Waals surface area (Å²) in [4.78, 5) is 15.2. The van der Waals surface area contributed by atoms with Gasteiger partial charge in [0.05, 0.1) is 24.3 Å². The molecule has 2 saturated heterocycles. The number of esters is 1. The first-order valence-electron chi connectivity index (χ1n) is 12.3. The zero-order chi connectivity index (χ0) is 24.3. The Hall–Kier alpha value is -2.65. The maximum atomic E-state index is 14.2. The van der Waals surface area contributed by atoms with Gasteiger partial charge in [-0.2, -0.15) is 0 Å². The van der Waals surface area contributed by atoms with Gasteiger partial charge in [0.2, 0.25) is 0 Å². The van der Waals surface area contributed by atoms with Gasteiger partial charge < -0.3 is 14.4 Å². The normalized spacial score (nSPS) is 26.9. The largest absolute Gasteiger partial charge is 0.492 e. The van der Waals surface area contributed by atoms with Crippen LogP contribution in [0.3, 0.4) is 0 Å². The van der Waals surface area contributed by atoms with Crippen molar-refractivity contribution in [2.24, 2.45) is 11.8 Å². The molecule has 0 bridgehead atoms. The highest BCUT2D eigenvalue weighted by atomic mass is 32.2. The van der Waals surface area contributed by atoms with E-state index in [1.54, 1.807) is 6.07 Å². The average molecular weight is 501 g/mol. The SMILES string of the molecule is COC(=O)c1c(NS(=O)(=O)c2ccc(F)cc2CC2CC3CCCN3C2)ccc2c1OCC1C[C@H]21. The molecular weight excluding hydrogens is 471 g/mol. The fourth-order valence-corrected chi connectivity index (χ4v) is 7.57. The maximum absolute atomic E-state index is 14.2. The highest BCUT2D eigenvalue weighted by Gasteiger charge is 2.45. The van der Waals surface area contributed by atoms with Gasteiger partial charge in [-0.15, -0.1) is 0 Å². The van der Waals surface area contributed by atoms with Crippen LogP contribution >= 0.6 is 0 Å². The number of hydrogen-bond acceptors (Lipinski definition) is 6. The number of sulfonamides is 1. The zero-order valence-corrected chi connectivity index (χ0v) is 20.4. The summed E-state index contributed by atoms with van der Waals surface area (Å²) in [6, 6.07) is 7.76. The van der Waals surface area contributed by atoms with Crippen molar-refractivity contribution in [2.45, 2.75) is 49.0 Å². The Morgan fingerprint density at radius 1 is 1.26 bits per heavy atom. The van der Waals surface area contributed by atoms with Gasteiger partial charge in [-0.3, -0.25) is 4.72 Å². The third-order valence-corrected chi connectivity index (χ3v) is 9.47. The van der Waals surface area contributed by atoms with Crippen molar-refractivity contribution in [3.8, 4) is 5.75 Å². The van der Waals surface area contributed by atoms with Crippen LogP contribution in [0.4, 0.5) is 10.1 Å². The molecule has 3 aliphatic heterocycles. The summed E-state index contributed by atoms with van der Waals surface area (Å²) in [5.74, 6) is 0.326. The highest BCUT2D eigenvalue weighted by molar-refractivity contribution is 7.92. The average Bonchev–Trinajstić information content (AvgIpc) is 3.35. The molecule has 1 N–H and O–H groups in total. The lowest BCUT2D eigenvalue weighted by Gasteiger charge is -2.22. The number of benzene rings is 2. The minimum Gasteiger partial charge on any atom is -0.492 e. The first-order valence-corrected chi connectivity index (χ1v) is 13.8. The summed E-state index contributed by atoms with van der Waals surface area (Å²) in [7, 11) is -2.85. The van der Waals surface area contributed by atoms with Crippen LogP contribution in [0, 0.1) is 17.7 Å². The molecule has 0 amide bonds. The van der Waals surface area contributed by atoms with Gasteiger partial charge in [0.1, 0.15) is 17.1 Å². The van der Waals surface area contributed by atoms with Crippen LogP contribution in [0.15, 0.2) is 35.2 Å². The minimum atomic E-state index is -4.11. The molecule has 1 saturated carbocycles.